The highest BCUT2D eigenvalue weighted by Gasteiger charge is 2.68. The second-order valence-corrected chi connectivity index (χ2v) is 38.9. The van der Waals surface area contributed by atoms with Gasteiger partial charge in [0.05, 0.1) is 60.8 Å². The Morgan fingerprint density at radius 1 is 0.633 bits per heavy atom. The molecule has 7 N–H and O–H groups in total. The summed E-state index contributed by atoms with van der Waals surface area (Å²) in [5, 5.41) is 21.1. The molecule has 23 atom stereocenters. The number of aromatic nitrogens is 1. The highest BCUT2D eigenvalue weighted by Crippen LogP contribution is 2.70. The Bertz CT molecular complexity index is 4580. The molecule has 1 spiro atoms. The number of likely N-dealkylation sites (N-methyl/N-ethyl adjacent to an activating group) is 4. The van der Waals surface area contributed by atoms with Crippen molar-refractivity contribution in [2.45, 2.75) is 274 Å². The van der Waals surface area contributed by atoms with E-state index in [1.54, 1.807) is 67.9 Å². The smallest absolute Gasteiger partial charge is 0.329 e. The number of aryl methyl sites for hydroxylation is 1. The molecule has 29 nitrogen and oxygen atoms in total. The number of fused-ring (bicyclic) bond motifs is 11. The first kappa shape index (κ1) is 90.5. The average molecular weight is 1670 g/mol. The lowest BCUT2D eigenvalue weighted by Gasteiger charge is -2.57. The highest BCUT2D eigenvalue weighted by atomic mass is 16.7. The molecular formula is C91H130N10O19. The van der Waals surface area contributed by atoms with Crippen LogP contribution < -0.4 is 32.4 Å². The molecule has 120 heavy (non-hydrogen) atoms. The number of amides is 8. The number of nitrogens with zero attached hydrogens (tertiary/aromatic N) is 5. The summed E-state index contributed by atoms with van der Waals surface area (Å²) in [6, 6.07) is -5.71. The Balaban J connectivity index is 0.000000362. The predicted octanol–water partition coefficient (Wildman–Crippen LogP) is 8.43. The molecule has 8 amide bonds. The molecule has 1 aromatic carbocycles. The Labute approximate surface area is 704 Å². The van der Waals surface area contributed by atoms with Crippen LogP contribution in [0.25, 0.3) is 22.6 Å². The maximum Gasteiger partial charge on any atom is 0.329 e. The van der Waals surface area contributed by atoms with E-state index in [-0.39, 0.29) is 45.6 Å². The second kappa shape index (κ2) is 35.3. The van der Waals surface area contributed by atoms with Crippen LogP contribution >= 0.6 is 0 Å². The Hall–Kier alpha value is -8.70. The normalized spacial score (nSPS) is 35.8. The van der Waals surface area contributed by atoms with Crippen LogP contribution in [0.4, 0.5) is 5.69 Å². The molecule has 29 heteroatoms. The molecule has 5 saturated carbocycles. The Morgan fingerprint density at radius 2 is 1.15 bits per heavy atom. The van der Waals surface area contributed by atoms with Gasteiger partial charge in [-0.25, -0.2) is 14.6 Å². The summed E-state index contributed by atoms with van der Waals surface area (Å²) in [4.78, 5) is 197. The number of carbonyl (C=O) groups is 12. The van der Waals surface area contributed by atoms with E-state index in [0.717, 1.165) is 47.5 Å². The number of nitrogens with two attached hydrogens (primary N) is 1. The number of allylic oxidation sites excluding steroid dienone is 2. The van der Waals surface area contributed by atoms with Crippen LogP contribution in [0.3, 0.4) is 0 Å². The van der Waals surface area contributed by atoms with Crippen molar-refractivity contribution in [2.24, 2.45) is 93.7 Å². The standard InChI is InChI=1S/C64H88N10O16.C27H42O3/c1-27(2)44-53(78)35-19-17-21-37(35)61(84)71(13)25-40(75)73(15)50(29(5)6)63(86)88-33(11)46(59(82)67-44)69-57(80)39-24-23-31(9)55-48(39)66-49-42(43(65)52(77)32(10)56(49)90-55)58(81)70-47-34(12)89-64(87)51(30(7)8)74(16)41(76)26-72(14)62(85)38-22-18-20-36(38)54(79)45(28(3)4)68-60(47)83;1-16-7-12-27(29-15-16)17(2)24-23(30-27)14-22-20-6-5-18-13-19(28)8-10-25(18,3)21(20)9-11-26(22,24)4/h23-24,27-30,33-38,44-47,50-51H,17-22,25-26,65H2,1-16H3,(H,67,82)(H,68,83)(H,69,80)(H,70,81);9,16-20,22-24,28H,5-8,10-15H2,1-4H3. The quantitative estimate of drug-likeness (QED) is 0.0533. The van der Waals surface area contributed by atoms with Crippen molar-refractivity contribution in [2.75, 3.05) is 53.6 Å². The number of ketones is 2. The van der Waals surface area contributed by atoms with Crippen molar-refractivity contribution in [1.29, 1.82) is 0 Å². The number of esters is 2. The number of nitrogen functional groups attached to an aromatic ring is 1. The average Bonchev–Trinajstić information content (AvgIpc) is 1.53. The van der Waals surface area contributed by atoms with E-state index in [4.69, 9.17) is 34.1 Å². The minimum absolute atomic E-state index is 0.0661. The van der Waals surface area contributed by atoms with Crippen LogP contribution in [0, 0.1) is 108 Å². The van der Waals surface area contributed by atoms with E-state index in [0.29, 0.717) is 84.7 Å². The van der Waals surface area contributed by atoms with E-state index in [9.17, 15) is 57.8 Å². The summed E-state index contributed by atoms with van der Waals surface area (Å²) < 4.78 is 31.7. The molecule has 658 valence electrons. The summed E-state index contributed by atoms with van der Waals surface area (Å²) in [5.41, 5.74) is 6.13. The summed E-state index contributed by atoms with van der Waals surface area (Å²) in [7, 11) is 5.66. The molecule has 13 rings (SSSR count). The van der Waals surface area contributed by atoms with E-state index in [1.807, 2.05) is 0 Å². The summed E-state index contributed by atoms with van der Waals surface area (Å²) in [6.07, 6.45) is 12.9. The van der Waals surface area contributed by atoms with E-state index in [2.05, 4.69) is 55.0 Å². The van der Waals surface area contributed by atoms with Gasteiger partial charge >= 0.3 is 11.9 Å². The van der Waals surface area contributed by atoms with Gasteiger partial charge in [0, 0.05) is 69.8 Å². The minimum Gasteiger partial charge on any atom is -0.458 e. The van der Waals surface area contributed by atoms with Gasteiger partial charge in [0.25, 0.3) is 11.8 Å². The first-order valence-electron chi connectivity index (χ1n) is 44.0. The maximum atomic E-state index is 15.2. The molecular weight excluding hydrogens is 1540 g/mol. The van der Waals surface area contributed by atoms with Crippen LogP contribution in [-0.4, -0.2) is 215 Å². The molecule has 23 unspecified atom stereocenters. The molecule has 9 fully saturated rings. The monoisotopic (exact) mass is 1670 g/mol. The van der Waals surface area contributed by atoms with Gasteiger partial charge in [-0.1, -0.05) is 114 Å². The fourth-order valence-corrected chi connectivity index (χ4v) is 22.7. The van der Waals surface area contributed by atoms with Crippen molar-refractivity contribution in [3.63, 3.8) is 0 Å². The van der Waals surface area contributed by atoms with Crippen LogP contribution in [0.1, 0.15) is 225 Å². The molecule has 0 aromatic heterocycles. The van der Waals surface area contributed by atoms with Crippen molar-refractivity contribution in [3.05, 3.63) is 56.3 Å². The Kier molecular flexibility index (Phi) is 26.6. The number of cyclic esters (lactones) is 2. The van der Waals surface area contributed by atoms with Gasteiger partial charge in [-0.15, -0.1) is 0 Å². The molecule has 5 heterocycles. The van der Waals surface area contributed by atoms with E-state index < -0.39 is 196 Å². The fraction of sp³-hybridized carbons (Fsp3) is 0.714. The highest BCUT2D eigenvalue weighted by molar-refractivity contribution is 6.11. The van der Waals surface area contributed by atoms with Gasteiger partial charge in [0.2, 0.25) is 40.9 Å². The number of nitrogens with one attached hydrogen (secondary N) is 4. The number of hydrogen-bond acceptors (Lipinski definition) is 21. The molecule has 7 aliphatic carbocycles. The van der Waals surface area contributed by atoms with Crippen LogP contribution in [0.15, 0.2) is 33.0 Å². The number of aliphatic hydroxyl groups is 1. The van der Waals surface area contributed by atoms with Crippen molar-refractivity contribution in [1.82, 2.24) is 45.9 Å². The zero-order chi connectivity index (χ0) is 87.9. The van der Waals surface area contributed by atoms with Gasteiger partial charge in [0.1, 0.15) is 47.6 Å². The molecule has 1 aromatic rings. The number of rotatable bonds is 8. The predicted molar refractivity (Wildman–Crippen MR) is 445 cm³/mol. The molecule has 4 saturated heterocycles. The zero-order valence-corrected chi connectivity index (χ0v) is 73.9. The SMILES string of the molecule is CC1CCC2(OC1)OC1CC3C4CCC5CC(O)CCC5(C)C4=CCC3(C)C1C2C.Cc1c2oc3c(C)ccc(C(=O)NC4C(=O)NC(C(C)C)C(=O)C5CCCC5C(=O)N(C)CC(=O)N(C)C(C(C)C)C(=O)OC4C)c3nc-2c(C(=O)NC2C(=O)NC(C(C)C)C(=O)C3CCCC3C(=O)N(C)CC(=O)N(C)C(C(C)C)C(=O)OC2C)c(N)c1=O. The number of ether oxygens (including phenoxy) is 4. The first-order valence-corrected chi connectivity index (χ1v) is 44.0. The van der Waals surface area contributed by atoms with Crippen LogP contribution in [-0.2, 0) is 66.9 Å². The summed E-state index contributed by atoms with van der Waals surface area (Å²) in [5.74, 6) is -11.2. The summed E-state index contributed by atoms with van der Waals surface area (Å²) >= 11 is 0. The molecule has 12 aliphatic rings. The van der Waals surface area contributed by atoms with E-state index >= 15 is 9.59 Å². The number of carbonyl (C=O) groups excluding carboxylic acids is 12. The third kappa shape index (κ3) is 16.8. The zero-order valence-electron chi connectivity index (χ0n) is 73.9. The van der Waals surface area contributed by atoms with Crippen LogP contribution in [0.5, 0.6) is 0 Å². The largest absolute Gasteiger partial charge is 0.458 e. The number of aliphatic hydroxyl groups excluding tert-OH is 1. The third-order valence-corrected chi connectivity index (χ3v) is 29.6. The number of benzene rings is 2. The second-order valence-electron chi connectivity index (χ2n) is 38.9. The third-order valence-electron chi connectivity index (χ3n) is 29.6. The maximum absolute atomic E-state index is 15.2. The number of Topliss-reactive ketones (excluding diaryl/α,β-unsaturated/α-hetero) is 2. The number of hydrogen-bond donors (Lipinski definition) is 6. The molecule has 5 aliphatic heterocycles. The molecule has 0 radical (unpaired) electrons. The first-order chi connectivity index (χ1) is 56.4. The van der Waals surface area contributed by atoms with E-state index in [1.165, 1.54) is 109 Å². The van der Waals surface area contributed by atoms with Crippen molar-refractivity contribution < 1.29 is 86.0 Å². The summed E-state index contributed by atoms with van der Waals surface area (Å²) in [6.45, 7) is 29.0. The van der Waals surface area contributed by atoms with Gasteiger partial charge in [0.15, 0.2) is 28.7 Å². The lowest BCUT2D eigenvalue weighted by molar-refractivity contribution is -0.272. The van der Waals surface area contributed by atoms with Gasteiger partial charge in [-0.05, 0) is 180 Å². The number of anilines is 1. The minimum atomic E-state index is -1.86. The van der Waals surface area contributed by atoms with Gasteiger partial charge in [-0.2, -0.15) is 0 Å². The van der Waals surface area contributed by atoms with Crippen molar-refractivity contribution >= 4 is 87.5 Å². The van der Waals surface area contributed by atoms with Gasteiger partial charge < -0.3 is 75.1 Å². The van der Waals surface area contributed by atoms with Gasteiger partial charge in [-0.3, -0.25) is 52.7 Å². The topological polar surface area (TPSA) is 392 Å². The van der Waals surface area contributed by atoms with Crippen LogP contribution in [0.2, 0.25) is 0 Å². The Morgan fingerprint density at radius 3 is 1.65 bits per heavy atom. The van der Waals surface area contributed by atoms with Crippen molar-refractivity contribution in [3.8, 4) is 11.5 Å². The lowest BCUT2D eigenvalue weighted by atomic mass is 9.48. The molecule has 0 bridgehead atoms. The fourth-order valence-electron chi connectivity index (χ4n) is 22.7. The lowest BCUT2D eigenvalue weighted by Crippen LogP contribution is -2.59.